The van der Waals surface area contributed by atoms with Crippen molar-refractivity contribution < 1.29 is 4.79 Å². The summed E-state index contributed by atoms with van der Waals surface area (Å²) in [4.78, 5) is 14.9. The van der Waals surface area contributed by atoms with Gasteiger partial charge in [0.05, 0.1) is 12.2 Å². The summed E-state index contributed by atoms with van der Waals surface area (Å²) >= 11 is 0. The first-order valence-electron chi connectivity index (χ1n) is 7.97. The van der Waals surface area contributed by atoms with Gasteiger partial charge < -0.3 is 4.90 Å². The molecule has 2 rings (SSSR count). The maximum atomic E-state index is 12.7. The van der Waals surface area contributed by atoms with E-state index in [0.29, 0.717) is 17.7 Å². The van der Waals surface area contributed by atoms with E-state index >= 15 is 0 Å². The molecule has 0 aromatic rings. The predicted octanol–water partition coefficient (Wildman–Crippen LogP) is 3.15. The van der Waals surface area contributed by atoms with Crippen molar-refractivity contribution in [3.63, 3.8) is 0 Å². The average molecular weight is 266 g/mol. The third kappa shape index (κ3) is 2.96. The maximum Gasteiger partial charge on any atom is 0.241 e. The van der Waals surface area contributed by atoms with Crippen molar-refractivity contribution in [1.82, 2.24) is 10.2 Å². The van der Waals surface area contributed by atoms with Crippen LogP contribution in [0.4, 0.5) is 0 Å². The minimum atomic E-state index is 0.0200. The fraction of sp³-hybridized carbons (Fsp3) is 0.938. The molecule has 2 atom stereocenters. The van der Waals surface area contributed by atoms with Crippen LogP contribution < -0.4 is 5.32 Å². The molecule has 3 nitrogen and oxygen atoms in total. The largest absolute Gasteiger partial charge is 0.320 e. The SMILES string of the molecule is CCCC1NC(CC(C)C)N(C(C)(C)C2CC2)C1=O. The second-order valence-corrected chi connectivity index (χ2v) is 7.29. The quantitative estimate of drug-likeness (QED) is 0.801. The molecule has 1 aliphatic heterocycles. The molecule has 2 unspecified atom stereocenters. The standard InChI is InChI=1S/C16H30N2O/c1-6-7-13-15(19)18(14(17-13)10-11(2)3)16(4,5)12-8-9-12/h11-14,17H,6-10H2,1-5H3. The number of hydrogen-bond acceptors (Lipinski definition) is 2. The highest BCUT2D eigenvalue weighted by Gasteiger charge is 2.51. The summed E-state index contributed by atoms with van der Waals surface area (Å²) in [6.45, 7) is 11.1. The molecule has 19 heavy (non-hydrogen) atoms. The van der Waals surface area contributed by atoms with Crippen molar-refractivity contribution >= 4 is 5.91 Å². The van der Waals surface area contributed by atoms with Crippen molar-refractivity contribution in [3.8, 4) is 0 Å². The van der Waals surface area contributed by atoms with Crippen molar-refractivity contribution in [3.05, 3.63) is 0 Å². The van der Waals surface area contributed by atoms with E-state index in [2.05, 4.69) is 44.8 Å². The molecule has 1 heterocycles. The van der Waals surface area contributed by atoms with Crippen LogP contribution in [0.1, 0.15) is 66.7 Å². The third-order valence-corrected chi connectivity index (χ3v) is 4.71. The monoisotopic (exact) mass is 266 g/mol. The first-order chi connectivity index (χ1) is 8.87. The van der Waals surface area contributed by atoms with E-state index in [0.717, 1.165) is 19.3 Å². The molecular weight excluding hydrogens is 236 g/mol. The van der Waals surface area contributed by atoms with E-state index in [-0.39, 0.29) is 17.7 Å². The van der Waals surface area contributed by atoms with E-state index < -0.39 is 0 Å². The summed E-state index contributed by atoms with van der Waals surface area (Å²) in [6, 6.07) is 0.0479. The van der Waals surface area contributed by atoms with Crippen LogP contribution in [0.5, 0.6) is 0 Å². The summed E-state index contributed by atoms with van der Waals surface area (Å²) in [5.74, 6) is 1.65. The molecule has 0 bridgehead atoms. The Kier molecular flexibility index (Phi) is 4.24. The molecular formula is C16H30N2O. The molecule has 2 fully saturated rings. The number of amides is 1. The highest BCUT2D eigenvalue weighted by atomic mass is 16.2. The minimum Gasteiger partial charge on any atom is -0.320 e. The zero-order valence-corrected chi connectivity index (χ0v) is 13.2. The average Bonchev–Trinajstić information content (AvgIpc) is 3.07. The molecule has 1 N–H and O–H groups in total. The zero-order chi connectivity index (χ0) is 14.2. The van der Waals surface area contributed by atoms with Crippen LogP contribution in [-0.2, 0) is 4.79 Å². The second kappa shape index (κ2) is 5.43. The maximum absolute atomic E-state index is 12.7. The topological polar surface area (TPSA) is 32.3 Å². The number of hydrogen-bond donors (Lipinski definition) is 1. The molecule has 0 aromatic carbocycles. The lowest BCUT2D eigenvalue weighted by Crippen LogP contribution is -2.52. The van der Waals surface area contributed by atoms with Gasteiger partial charge in [0.15, 0.2) is 0 Å². The Morgan fingerprint density at radius 3 is 2.47 bits per heavy atom. The van der Waals surface area contributed by atoms with Gasteiger partial charge in [0.25, 0.3) is 0 Å². The van der Waals surface area contributed by atoms with Gasteiger partial charge in [0, 0.05) is 5.54 Å². The molecule has 1 amide bonds. The van der Waals surface area contributed by atoms with E-state index in [1.54, 1.807) is 0 Å². The van der Waals surface area contributed by atoms with Crippen LogP contribution in [0.25, 0.3) is 0 Å². The van der Waals surface area contributed by atoms with Gasteiger partial charge in [0.1, 0.15) is 0 Å². The lowest BCUT2D eigenvalue weighted by Gasteiger charge is -2.40. The van der Waals surface area contributed by atoms with Gasteiger partial charge >= 0.3 is 0 Å². The molecule has 1 saturated heterocycles. The van der Waals surface area contributed by atoms with Gasteiger partial charge in [0.2, 0.25) is 5.91 Å². The lowest BCUT2D eigenvalue weighted by atomic mass is 9.94. The fourth-order valence-corrected chi connectivity index (χ4v) is 3.49. The van der Waals surface area contributed by atoms with Crippen LogP contribution in [0.15, 0.2) is 0 Å². The molecule has 110 valence electrons. The van der Waals surface area contributed by atoms with E-state index in [4.69, 9.17) is 0 Å². The summed E-state index contributed by atoms with van der Waals surface area (Å²) in [6.07, 6.45) is 5.88. The highest BCUT2D eigenvalue weighted by molar-refractivity contribution is 5.85. The number of nitrogens with one attached hydrogen (secondary N) is 1. The fourth-order valence-electron chi connectivity index (χ4n) is 3.49. The summed E-state index contributed by atoms with van der Waals surface area (Å²) in [5.41, 5.74) is 0.0200. The molecule has 1 saturated carbocycles. The lowest BCUT2D eigenvalue weighted by molar-refractivity contribution is -0.136. The second-order valence-electron chi connectivity index (χ2n) is 7.29. The van der Waals surface area contributed by atoms with Crippen LogP contribution in [-0.4, -0.2) is 28.6 Å². The van der Waals surface area contributed by atoms with Crippen LogP contribution >= 0.6 is 0 Å². The molecule has 2 aliphatic rings. The summed E-state index contributed by atoms with van der Waals surface area (Å²) in [5, 5.41) is 3.59. The van der Waals surface area contributed by atoms with E-state index in [1.165, 1.54) is 12.8 Å². The predicted molar refractivity (Wildman–Crippen MR) is 78.7 cm³/mol. The highest BCUT2D eigenvalue weighted by Crippen LogP contribution is 2.45. The Balaban J connectivity index is 2.17. The van der Waals surface area contributed by atoms with Gasteiger partial charge in [-0.3, -0.25) is 10.1 Å². The van der Waals surface area contributed by atoms with Crippen molar-refractivity contribution in [2.24, 2.45) is 11.8 Å². The van der Waals surface area contributed by atoms with Crippen LogP contribution in [0, 0.1) is 11.8 Å². The summed E-state index contributed by atoms with van der Waals surface area (Å²) in [7, 11) is 0. The Morgan fingerprint density at radius 1 is 1.37 bits per heavy atom. The molecule has 0 spiro atoms. The molecule has 1 aliphatic carbocycles. The Labute approximate surface area is 118 Å². The van der Waals surface area contributed by atoms with Crippen molar-refractivity contribution in [1.29, 1.82) is 0 Å². The Hall–Kier alpha value is -0.570. The van der Waals surface area contributed by atoms with Gasteiger partial charge in [-0.2, -0.15) is 0 Å². The third-order valence-electron chi connectivity index (χ3n) is 4.71. The number of rotatable bonds is 6. The number of carbonyl (C=O) groups is 1. The van der Waals surface area contributed by atoms with Crippen LogP contribution in [0.2, 0.25) is 0 Å². The van der Waals surface area contributed by atoms with Gasteiger partial charge in [-0.25, -0.2) is 0 Å². The minimum absolute atomic E-state index is 0.0200. The molecule has 0 aromatic heterocycles. The first-order valence-corrected chi connectivity index (χ1v) is 7.97. The Bertz CT molecular complexity index is 334. The van der Waals surface area contributed by atoms with Gasteiger partial charge in [-0.15, -0.1) is 0 Å². The Morgan fingerprint density at radius 2 is 2.00 bits per heavy atom. The van der Waals surface area contributed by atoms with Gasteiger partial charge in [-0.05, 0) is 51.4 Å². The molecule has 0 radical (unpaired) electrons. The number of carbonyl (C=O) groups excluding carboxylic acids is 1. The number of nitrogens with zero attached hydrogens (tertiary/aromatic N) is 1. The smallest absolute Gasteiger partial charge is 0.241 e. The van der Waals surface area contributed by atoms with Gasteiger partial charge in [-0.1, -0.05) is 27.2 Å². The zero-order valence-electron chi connectivity index (χ0n) is 13.2. The summed E-state index contributed by atoms with van der Waals surface area (Å²) < 4.78 is 0. The normalized spacial score (nSPS) is 28.5. The van der Waals surface area contributed by atoms with Crippen molar-refractivity contribution in [2.75, 3.05) is 0 Å². The van der Waals surface area contributed by atoms with Crippen molar-refractivity contribution in [2.45, 2.75) is 84.5 Å². The first kappa shape index (κ1) is 14.8. The molecule has 3 heteroatoms. The van der Waals surface area contributed by atoms with E-state index in [9.17, 15) is 4.79 Å². The van der Waals surface area contributed by atoms with E-state index in [1.807, 2.05) is 0 Å². The van der Waals surface area contributed by atoms with Crippen LogP contribution in [0.3, 0.4) is 0 Å².